The van der Waals surface area contributed by atoms with Crippen LogP contribution in [-0.4, -0.2) is 31.5 Å². The number of carboxylic acid groups (broad SMARTS) is 1. The first-order chi connectivity index (χ1) is 12.3. The van der Waals surface area contributed by atoms with Crippen LogP contribution in [0.3, 0.4) is 0 Å². The molecule has 1 aromatic rings. The fourth-order valence-electron chi connectivity index (χ4n) is 3.00. The van der Waals surface area contributed by atoms with Gasteiger partial charge in [-0.3, -0.25) is 9.79 Å². The second-order valence-corrected chi connectivity index (χ2v) is 8.60. The Morgan fingerprint density at radius 3 is 2.54 bits per heavy atom. The highest BCUT2D eigenvalue weighted by Crippen LogP contribution is 2.41. The number of hydrogen-bond donors (Lipinski definition) is 1. The van der Waals surface area contributed by atoms with Gasteiger partial charge in [0.1, 0.15) is 10.7 Å². The molecule has 1 aromatic carbocycles. The summed E-state index contributed by atoms with van der Waals surface area (Å²) < 4.78 is 40.9. The van der Waals surface area contributed by atoms with E-state index in [-0.39, 0.29) is 22.5 Å². The summed E-state index contributed by atoms with van der Waals surface area (Å²) >= 11 is 1.46. The third-order valence-corrected chi connectivity index (χ3v) is 6.79. The molecule has 0 aromatic heterocycles. The van der Waals surface area contributed by atoms with Crippen molar-refractivity contribution in [2.75, 3.05) is 6.26 Å². The highest BCUT2D eigenvalue weighted by molar-refractivity contribution is 7.98. The van der Waals surface area contributed by atoms with Crippen LogP contribution in [0.1, 0.15) is 19.8 Å². The van der Waals surface area contributed by atoms with Gasteiger partial charge in [0, 0.05) is 22.6 Å². The van der Waals surface area contributed by atoms with Crippen molar-refractivity contribution < 1.29 is 22.7 Å². The van der Waals surface area contributed by atoms with Crippen molar-refractivity contribution in [1.29, 1.82) is 0 Å². The van der Waals surface area contributed by atoms with Gasteiger partial charge in [0.25, 0.3) is 0 Å². The number of rotatable bonds is 5. The molecule has 8 heteroatoms. The maximum atomic E-state index is 14.6. The molecule has 0 radical (unpaired) electrons. The van der Waals surface area contributed by atoms with E-state index < -0.39 is 33.0 Å². The normalized spacial score (nSPS) is 17.2. The Kier molecular flexibility index (Phi) is 4.90. The van der Waals surface area contributed by atoms with E-state index in [4.69, 9.17) is 5.11 Å². The van der Waals surface area contributed by atoms with Crippen molar-refractivity contribution in [3.63, 3.8) is 0 Å². The average molecular weight is 393 g/mol. The van der Waals surface area contributed by atoms with Crippen molar-refractivity contribution >= 4 is 33.3 Å². The van der Waals surface area contributed by atoms with E-state index in [1.807, 2.05) is 6.26 Å². The molecule has 0 fully saturated rings. The van der Waals surface area contributed by atoms with Gasteiger partial charge in [0.2, 0.25) is 9.84 Å². The average Bonchev–Trinajstić information content (AvgIpc) is 2.90. The van der Waals surface area contributed by atoms with Crippen molar-refractivity contribution in [2.45, 2.75) is 29.6 Å². The minimum absolute atomic E-state index is 0.0400. The zero-order valence-corrected chi connectivity index (χ0v) is 15.7. The highest BCUT2D eigenvalue weighted by Gasteiger charge is 2.37. The number of thioether (sulfide) groups is 1. The van der Waals surface area contributed by atoms with Crippen LogP contribution in [0.4, 0.5) is 4.39 Å². The second kappa shape index (κ2) is 6.85. The van der Waals surface area contributed by atoms with Gasteiger partial charge in [0.05, 0.1) is 17.0 Å². The Morgan fingerprint density at radius 1 is 1.31 bits per heavy atom. The second-order valence-electron chi connectivity index (χ2n) is 5.83. The maximum Gasteiger partial charge on any atom is 0.307 e. The Morgan fingerprint density at radius 2 is 1.96 bits per heavy atom. The molecule has 0 unspecified atom stereocenters. The first-order valence-electron chi connectivity index (χ1n) is 7.75. The summed E-state index contributed by atoms with van der Waals surface area (Å²) in [6.07, 6.45) is 2.76. The van der Waals surface area contributed by atoms with Gasteiger partial charge < -0.3 is 5.11 Å². The van der Waals surface area contributed by atoms with E-state index in [1.54, 1.807) is 19.1 Å². The molecule has 1 heterocycles. The van der Waals surface area contributed by atoms with Gasteiger partial charge in [-0.25, -0.2) is 12.8 Å². The minimum atomic E-state index is -4.16. The molecule has 1 aliphatic carbocycles. The van der Waals surface area contributed by atoms with Crippen LogP contribution in [0, 0.1) is 0 Å². The van der Waals surface area contributed by atoms with Crippen LogP contribution in [-0.2, 0) is 14.6 Å². The first-order valence-corrected chi connectivity index (χ1v) is 10.5. The number of hydrogen-bond acceptors (Lipinski definition) is 5. The maximum absolute atomic E-state index is 14.6. The van der Waals surface area contributed by atoms with Gasteiger partial charge in [-0.05, 0) is 49.1 Å². The summed E-state index contributed by atoms with van der Waals surface area (Å²) in [7, 11) is -4.16. The molecule has 5 nitrogen and oxygen atoms in total. The smallest absolute Gasteiger partial charge is 0.307 e. The number of carboxylic acids is 1. The first kappa shape index (κ1) is 18.6. The Labute approximate surface area is 154 Å². The third-order valence-electron chi connectivity index (χ3n) is 4.21. The van der Waals surface area contributed by atoms with Gasteiger partial charge >= 0.3 is 5.97 Å². The van der Waals surface area contributed by atoms with Crippen LogP contribution >= 0.6 is 11.8 Å². The molecule has 26 heavy (non-hydrogen) atoms. The molecule has 1 N–H and O–H groups in total. The molecule has 2 aliphatic rings. The molecule has 0 saturated carbocycles. The van der Waals surface area contributed by atoms with Crippen molar-refractivity contribution in [3.05, 3.63) is 57.9 Å². The highest BCUT2D eigenvalue weighted by atomic mass is 32.2. The van der Waals surface area contributed by atoms with Gasteiger partial charge in [0.15, 0.2) is 0 Å². The summed E-state index contributed by atoms with van der Waals surface area (Å²) in [6.45, 7) is 1.60. The van der Waals surface area contributed by atoms with E-state index in [9.17, 15) is 17.6 Å². The van der Waals surface area contributed by atoms with Crippen molar-refractivity contribution in [1.82, 2.24) is 0 Å². The monoisotopic (exact) mass is 393 g/mol. The summed E-state index contributed by atoms with van der Waals surface area (Å²) in [5.74, 6) is -2.00. The number of allylic oxidation sites excluding steroid dienone is 4. The molecule has 1 aliphatic heterocycles. The molecule has 0 bridgehead atoms. The molecule has 3 rings (SSSR count). The lowest BCUT2D eigenvalue weighted by Gasteiger charge is -2.18. The molecule has 0 amide bonds. The molecule has 136 valence electrons. The molecular weight excluding hydrogens is 377 g/mol. The fourth-order valence-corrected chi connectivity index (χ4v) is 4.99. The Bertz CT molecular complexity index is 1020. The van der Waals surface area contributed by atoms with Crippen LogP contribution in [0.25, 0.3) is 0 Å². The van der Waals surface area contributed by atoms with E-state index in [0.717, 1.165) is 4.90 Å². The van der Waals surface area contributed by atoms with Gasteiger partial charge in [-0.1, -0.05) is 0 Å². The number of halogens is 1. The Hall–Kier alpha value is -2.19. The van der Waals surface area contributed by atoms with E-state index in [1.165, 1.54) is 30.0 Å². The molecule has 0 saturated heterocycles. The SMILES string of the molecule is CSc1ccc(S(=O)(=O)C2=C3C(=NC(C)=C3CC(=O)O)CC=C2F)cc1. The minimum Gasteiger partial charge on any atom is -0.481 e. The predicted molar refractivity (Wildman–Crippen MR) is 98.6 cm³/mol. The van der Waals surface area contributed by atoms with Crippen LogP contribution < -0.4 is 0 Å². The van der Waals surface area contributed by atoms with Crippen molar-refractivity contribution in [3.8, 4) is 0 Å². The summed E-state index contributed by atoms with van der Waals surface area (Å²) in [5.41, 5.74) is 1.14. The number of aliphatic carboxylic acids is 1. The van der Waals surface area contributed by atoms with Crippen LogP contribution in [0.2, 0.25) is 0 Å². The van der Waals surface area contributed by atoms with E-state index in [2.05, 4.69) is 4.99 Å². The largest absolute Gasteiger partial charge is 0.481 e. The molecular formula is C18H16FNO4S2. The number of benzene rings is 1. The summed E-state index contributed by atoms with van der Waals surface area (Å²) in [4.78, 5) is 15.8. The Balaban J connectivity index is 2.21. The number of sulfone groups is 1. The number of nitrogens with zero attached hydrogens (tertiary/aromatic N) is 1. The van der Waals surface area contributed by atoms with Crippen LogP contribution in [0.5, 0.6) is 0 Å². The van der Waals surface area contributed by atoms with Crippen LogP contribution in [0.15, 0.2) is 72.7 Å². The topological polar surface area (TPSA) is 83.8 Å². The quantitative estimate of drug-likeness (QED) is 0.767. The molecule has 0 spiro atoms. The lowest BCUT2D eigenvalue weighted by molar-refractivity contribution is -0.136. The lowest BCUT2D eigenvalue weighted by atomic mass is 9.94. The molecule has 0 atom stereocenters. The van der Waals surface area contributed by atoms with Gasteiger partial charge in [-0.2, -0.15) is 0 Å². The predicted octanol–water partition coefficient (Wildman–Crippen LogP) is 3.90. The zero-order valence-electron chi connectivity index (χ0n) is 14.1. The van der Waals surface area contributed by atoms with Crippen molar-refractivity contribution in [2.24, 2.45) is 4.99 Å². The summed E-state index contributed by atoms with van der Waals surface area (Å²) in [5, 5.41) is 9.14. The zero-order chi connectivity index (χ0) is 19.1. The third kappa shape index (κ3) is 3.14. The van der Waals surface area contributed by atoms with Gasteiger partial charge in [-0.15, -0.1) is 11.8 Å². The van der Waals surface area contributed by atoms with E-state index in [0.29, 0.717) is 11.4 Å². The number of aliphatic imine (C=N–C) groups is 1. The number of fused-ring (bicyclic) bond motifs is 1. The lowest BCUT2D eigenvalue weighted by Crippen LogP contribution is -2.17. The summed E-state index contributed by atoms with van der Waals surface area (Å²) in [6, 6.07) is 6.15. The number of carbonyl (C=O) groups is 1. The fraction of sp³-hybridized carbons (Fsp3) is 0.222. The standard InChI is InChI=1S/C18H16FNO4S2/c1-10-13(9-16(21)22)17-15(20-10)8-7-14(19)18(17)26(23,24)12-5-3-11(25-2)4-6-12/h3-7H,8-9H2,1-2H3,(H,21,22). The van der Waals surface area contributed by atoms with E-state index >= 15 is 0 Å².